The van der Waals surface area contributed by atoms with E-state index in [0.29, 0.717) is 18.1 Å². The second kappa shape index (κ2) is 5.85. The molecule has 94 valence electrons. The zero-order valence-corrected chi connectivity index (χ0v) is 10.5. The van der Waals surface area contributed by atoms with Gasteiger partial charge in [0, 0.05) is 17.1 Å². The first-order valence-corrected chi connectivity index (χ1v) is 5.91. The molecule has 0 atom stereocenters. The van der Waals surface area contributed by atoms with Crippen molar-refractivity contribution < 1.29 is 8.81 Å². The van der Waals surface area contributed by atoms with Crippen LogP contribution in [0.5, 0.6) is 0 Å². The van der Waals surface area contributed by atoms with Crippen LogP contribution < -0.4 is 5.32 Å². The minimum absolute atomic E-state index is 0.257. The van der Waals surface area contributed by atoms with Crippen LogP contribution >= 0.6 is 11.6 Å². The summed E-state index contributed by atoms with van der Waals surface area (Å²) in [6.07, 6.45) is 0. The lowest BCUT2D eigenvalue weighted by Gasteiger charge is -2.00. The van der Waals surface area contributed by atoms with Gasteiger partial charge in [0.25, 0.3) is 0 Å². The monoisotopic (exact) mass is 265 g/mol. The molecule has 0 aliphatic rings. The Kier molecular flexibility index (Phi) is 4.18. The van der Waals surface area contributed by atoms with Gasteiger partial charge >= 0.3 is 0 Å². The Balaban J connectivity index is 2.01. The van der Waals surface area contributed by atoms with Crippen molar-refractivity contribution in [3.63, 3.8) is 0 Å². The summed E-state index contributed by atoms with van der Waals surface area (Å²) in [5, 5.41) is 3.65. The van der Waals surface area contributed by atoms with Crippen molar-refractivity contribution in [2.75, 3.05) is 6.54 Å². The van der Waals surface area contributed by atoms with E-state index < -0.39 is 0 Å². The molecule has 4 heteroatoms. The van der Waals surface area contributed by atoms with Gasteiger partial charge in [0.1, 0.15) is 17.3 Å². The lowest BCUT2D eigenvalue weighted by molar-refractivity contribution is 0.501. The molecule has 0 saturated carbocycles. The highest BCUT2D eigenvalue weighted by Crippen LogP contribution is 2.22. The van der Waals surface area contributed by atoms with Gasteiger partial charge in [-0.05, 0) is 36.4 Å². The smallest absolute Gasteiger partial charge is 0.134 e. The molecule has 2 nitrogen and oxygen atoms in total. The fourth-order valence-corrected chi connectivity index (χ4v) is 1.66. The van der Waals surface area contributed by atoms with Gasteiger partial charge < -0.3 is 9.73 Å². The molecule has 1 heterocycles. The third-order valence-corrected chi connectivity index (χ3v) is 2.54. The first-order valence-electron chi connectivity index (χ1n) is 5.54. The van der Waals surface area contributed by atoms with Crippen LogP contribution in [0.3, 0.4) is 0 Å². The maximum atomic E-state index is 12.8. The predicted octanol–water partition coefficient (Wildman–Crippen LogP) is 3.93. The van der Waals surface area contributed by atoms with E-state index in [1.165, 1.54) is 12.1 Å². The molecular weight excluding hydrogens is 253 g/mol. The van der Waals surface area contributed by atoms with Crippen LogP contribution in [0.4, 0.5) is 4.39 Å². The van der Waals surface area contributed by atoms with Gasteiger partial charge in [-0.1, -0.05) is 18.2 Å². The summed E-state index contributed by atoms with van der Waals surface area (Å²) < 4.78 is 18.4. The Morgan fingerprint density at radius 1 is 1.22 bits per heavy atom. The number of halogens is 2. The summed E-state index contributed by atoms with van der Waals surface area (Å²) in [7, 11) is 0. The highest BCUT2D eigenvalue weighted by atomic mass is 35.5. The van der Waals surface area contributed by atoms with Crippen LogP contribution in [-0.2, 0) is 6.54 Å². The van der Waals surface area contributed by atoms with Crippen LogP contribution in [0.15, 0.2) is 52.4 Å². The second-order valence-corrected chi connectivity index (χ2v) is 4.43. The zero-order chi connectivity index (χ0) is 13.0. The van der Waals surface area contributed by atoms with Crippen LogP contribution in [0.1, 0.15) is 5.76 Å². The normalized spacial score (nSPS) is 10.6. The molecule has 2 aromatic rings. The van der Waals surface area contributed by atoms with E-state index >= 15 is 0 Å². The summed E-state index contributed by atoms with van der Waals surface area (Å²) in [6, 6.07) is 9.93. The molecule has 0 amide bonds. The van der Waals surface area contributed by atoms with E-state index in [4.69, 9.17) is 16.0 Å². The second-order valence-electron chi connectivity index (χ2n) is 3.89. The standard InChI is InChI=1S/C14H13ClFNO/c1-10(15)8-17-9-13-6-7-14(18-13)11-2-4-12(16)5-3-11/h2-7,17H,1,8-9H2. The Labute approximate surface area is 110 Å². The van der Waals surface area contributed by atoms with E-state index in [9.17, 15) is 4.39 Å². The highest BCUT2D eigenvalue weighted by molar-refractivity contribution is 6.29. The number of furan rings is 1. The maximum absolute atomic E-state index is 12.8. The van der Waals surface area contributed by atoms with Crippen molar-refractivity contribution in [3.05, 3.63) is 59.6 Å². The number of benzene rings is 1. The molecule has 2 rings (SSSR count). The van der Waals surface area contributed by atoms with E-state index in [1.807, 2.05) is 12.1 Å². The third kappa shape index (κ3) is 3.45. The third-order valence-electron chi connectivity index (χ3n) is 2.41. The van der Waals surface area contributed by atoms with Crippen LogP contribution in [0.2, 0.25) is 0 Å². The van der Waals surface area contributed by atoms with Crippen LogP contribution in [0.25, 0.3) is 11.3 Å². The first kappa shape index (κ1) is 12.9. The molecule has 0 radical (unpaired) electrons. The summed E-state index contributed by atoms with van der Waals surface area (Å²) >= 11 is 5.64. The molecule has 0 saturated heterocycles. The molecule has 1 N–H and O–H groups in total. The fraction of sp³-hybridized carbons (Fsp3) is 0.143. The van der Waals surface area contributed by atoms with Gasteiger partial charge in [0.15, 0.2) is 0 Å². The van der Waals surface area contributed by atoms with Crippen LogP contribution in [-0.4, -0.2) is 6.54 Å². The van der Waals surface area contributed by atoms with Crippen molar-refractivity contribution in [2.45, 2.75) is 6.54 Å². The van der Waals surface area contributed by atoms with Crippen LogP contribution in [0, 0.1) is 5.82 Å². The van der Waals surface area contributed by atoms with E-state index in [-0.39, 0.29) is 5.82 Å². The number of rotatable bonds is 5. The molecule has 0 unspecified atom stereocenters. The molecule has 0 spiro atoms. The molecule has 0 fully saturated rings. The fourth-order valence-electron chi connectivity index (χ4n) is 1.56. The SMILES string of the molecule is C=C(Cl)CNCc1ccc(-c2ccc(F)cc2)o1. The topological polar surface area (TPSA) is 25.2 Å². The molecular formula is C14H13ClFNO. The molecule has 1 aromatic carbocycles. The van der Waals surface area contributed by atoms with Crippen molar-refractivity contribution in [1.29, 1.82) is 0 Å². The lowest BCUT2D eigenvalue weighted by Crippen LogP contribution is -2.13. The van der Waals surface area contributed by atoms with Gasteiger partial charge in [-0.25, -0.2) is 4.39 Å². The molecule has 0 aliphatic carbocycles. The first-order chi connectivity index (χ1) is 8.65. The van der Waals surface area contributed by atoms with Gasteiger partial charge in [-0.2, -0.15) is 0 Å². The summed E-state index contributed by atoms with van der Waals surface area (Å²) in [6.45, 7) is 4.70. The van der Waals surface area contributed by atoms with E-state index in [2.05, 4.69) is 11.9 Å². The molecule has 0 bridgehead atoms. The van der Waals surface area contributed by atoms with Crippen molar-refractivity contribution in [2.24, 2.45) is 0 Å². The van der Waals surface area contributed by atoms with Gasteiger partial charge in [0.2, 0.25) is 0 Å². The number of hydrogen-bond donors (Lipinski definition) is 1. The molecule has 18 heavy (non-hydrogen) atoms. The van der Waals surface area contributed by atoms with Crippen molar-refractivity contribution in [1.82, 2.24) is 5.32 Å². The van der Waals surface area contributed by atoms with Crippen molar-refractivity contribution >= 4 is 11.6 Å². The summed E-state index contributed by atoms with van der Waals surface area (Å²) in [5.74, 6) is 1.26. The quantitative estimate of drug-likeness (QED) is 0.886. The average Bonchev–Trinajstić information content (AvgIpc) is 2.78. The maximum Gasteiger partial charge on any atom is 0.134 e. The highest BCUT2D eigenvalue weighted by Gasteiger charge is 2.04. The number of hydrogen-bond acceptors (Lipinski definition) is 2. The predicted molar refractivity (Wildman–Crippen MR) is 70.8 cm³/mol. The Morgan fingerprint density at radius 2 is 1.94 bits per heavy atom. The number of nitrogens with one attached hydrogen (secondary N) is 1. The lowest BCUT2D eigenvalue weighted by atomic mass is 10.2. The Bertz CT molecular complexity index is 533. The van der Waals surface area contributed by atoms with Gasteiger partial charge in [0.05, 0.1) is 6.54 Å². The van der Waals surface area contributed by atoms with E-state index in [0.717, 1.165) is 17.1 Å². The van der Waals surface area contributed by atoms with Crippen molar-refractivity contribution in [3.8, 4) is 11.3 Å². The van der Waals surface area contributed by atoms with Gasteiger partial charge in [-0.15, -0.1) is 0 Å². The zero-order valence-electron chi connectivity index (χ0n) is 9.75. The van der Waals surface area contributed by atoms with Gasteiger partial charge in [-0.3, -0.25) is 0 Å². The summed E-state index contributed by atoms with van der Waals surface area (Å²) in [4.78, 5) is 0. The molecule has 1 aromatic heterocycles. The average molecular weight is 266 g/mol. The van der Waals surface area contributed by atoms with E-state index in [1.54, 1.807) is 12.1 Å². The Morgan fingerprint density at radius 3 is 2.61 bits per heavy atom. The Hall–Kier alpha value is -1.58. The molecule has 0 aliphatic heterocycles. The largest absolute Gasteiger partial charge is 0.460 e. The minimum atomic E-state index is -0.257. The summed E-state index contributed by atoms with van der Waals surface area (Å²) in [5.41, 5.74) is 0.851. The minimum Gasteiger partial charge on any atom is -0.460 e.